The molecule has 142 valence electrons. The zero-order chi connectivity index (χ0) is 19.8. The van der Waals surface area contributed by atoms with Crippen LogP contribution in [0.4, 0.5) is 0 Å². The molecule has 2 aliphatic carbocycles. The largest absolute Gasteiger partial charge is 0.426 e. The molecule has 4 heteroatoms. The van der Waals surface area contributed by atoms with Gasteiger partial charge in [-0.1, -0.05) is 35.9 Å². The van der Waals surface area contributed by atoms with Crippen LogP contribution in [0.25, 0.3) is 11.1 Å². The van der Waals surface area contributed by atoms with Crippen molar-refractivity contribution in [3.63, 3.8) is 0 Å². The molecule has 28 heavy (non-hydrogen) atoms. The fourth-order valence-corrected chi connectivity index (χ4v) is 4.53. The summed E-state index contributed by atoms with van der Waals surface area (Å²) < 4.78 is 4.75. The Morgan fingerprint density at radius 2 is 0.821 bits per heavy atom. The summed E-state index contributed by atoms with van der Waals surface area (Å²) in [5.74, 6) is 0.990. The van der Waals surface area contributed by atoms with E-state index in [9.17, 15) is 0 Å². The van der Waals surface area contributed by atoms with Crippen molar-refractivity contribution in [2.24, 2.45) is 0 Å². The van der Waals surface area contributed by atoms with Gasteiger partial charge in [0.05, 0.1) is 0 Å². The molecule has 0 radical (unpaired) electrons. The molecule has 0 saturated heterocycles. The van der Waals surface area contributed by atoms with Gasteiger partial charge in [0.1, 0.15) is 24.8 Å². The second-order valence-electron chi connectivity index (χ2n) is 9.58. The van der Waals surface area contributed by atoms with Gasteiger partial charge in [0.15, 0.2) is 0 Å². The molecule has 0 spiro atoms. The Morgan fingerprint density at radius 3 is 1.11 bits per heavy atom. The van der Waals surface area contributed by atoms with Gasteiger partial charge in [0.25, 0.3) is 12.6 Å². The number of pyridine rings is 2. The maximum atomic E-state index is 2.38. The molecule has 0 aliphatic heterocycles. The van der Waals surface area contributed by atoms with Crippen molar-refractivity contribution in [2.75, 3.05) is 0 Å². The fraction of sp³-hybridized carbons (Fsp3) is 0.250. The second kappa shape index (κ2) is 7.09. The third kappa shape index (κ3) is 3.32. The van der Waals surface area contributed by atoms with E-state index >= 15 is 0 Å². The van der Waals surface area contributed by atoms with Crippen molar-refractivity contribution in [3.8, 4) is 11.1 Å². The Kier molecular flexibility index (Phi) is 4.74. The van der Waals surface area contributed by atoms with E-state index in [2.05, 4.69) is 134 Å². The molecule has 2 aromatic rings. The molecule has 0 saturated carbocycles. The van der Waals surface area contributed by atoms with Gasteiger partial charge in [0, 0.05) is 24.3 Å². The first kappa shape index (κ1) is 18.7. The summed E-state index contributed by atoms with van der Waals surface area (Å²) in [5.41, 5.74) is 2.52. The average Bonchev–Trinajstić information content (AvgIpc) is 3.42. The monoisotopic (exact) mass is 368 g/mol. The third-order valence-corrected chi connectivity index (χ3v) is 7.01. The molecule has 0 bridgehead atoms. The highest BCUT2D eigenvalue weighted by Crippen LogP contribution is 2.27. The molecule has 0 fully saturated rings. The van der Waals surface area contributed by atoms with Crippen LogP contribution in [0.3, 0.4) is 0 Å². The van der Waals surface area contributed by atoms with E-state index in [1.165, 1.54) is 11.1 Å². The van der Waals surface area contributed by atoms with E-state index in [4.69, 9.17) is 0 Å². The van der Waals surface area contributed by atoms with Crippen molar-refractivity contribution < 1.29 is 8.96 Å². The molecule has 2 aliphatic rings. The first-order valence-corrected chi connectivity index (χ1v) is 10.6. The summed E-state index contributed by atoms with van der Waals surface area (Å²) in [5, 5.41) is 0. The van der Waals surface area contributed by atoms with Crippen LogP contribution < -0.4 is 8.96 Å². The van der Waals surface area contributed by atoms with Crippen LogP contribution in [0.5, 0.6) is 0 Å². The van der Waals surface area contributed by atoms with Crippen molar-refractivity contribution in [3.05, 3.63) is 97.7 Å². The predicted octanol–water partition coefficient (Wildman–Crippen LogP) is 5.03. The van der Waals surface area contributed by atoms with Crippen molar-refractivity contribution in [1.82, 2.24) is 0 Å². The minimum Gasteiger partial charge on any atom is -0.426 e. The lowest BCUT2D eigenvalue weighted by molar-refractivity contribution is -0.547. The number of aromatic nitrogens is 2. The molecular weight excluding hydrogens is 338 g/mol. The van der Waals surface area contributed by atoms with Gasteiger partial charge in [-0.15, -0.1) is 51.6 Å². The highest BCUT2D eigenvalue weighted by Gasteiger charge is 2.34. The van der Waals surface area contributed by atoms with Gasteiger partial charge in [-0.25, -0.2) is 0 Å². The van der Waals surface area contributed by atoms with E-state index < -0.39 is 12.6 Å². The molecule has 0 amide bonds. The lowest BCUT2D eigenvalue weighted by atomic mass is 9.31. The summed E-state index contributed by atoms with van der Waals surface area (Å²) in [6, 6.07) is 8.96. The summed E-state index contributed by atoms with van der Waals surface area (Å²) in [4.78, 5) is 0. The molecule has 2 nitrogen and oxygen atoms in total. The Hall–Kier alpha value is -2.61. The van der Waals surface area contributed by atoms with Gasteiger partial charge in [-0.05, 0) is 11.1 Å². The van der Waals surface area contributed by atoms with Crippen LogP contribution in [0.15, 0.2) is 97.7 Å². The maximum absolute atomic E-state index is 2.38. The number of hydrogen-bond acceptors (Lipinski definition) is 0. The summed E-state index contributed by atoms with van der Waals surface area (Å²) in [6.45, 7) is 9.41. The summed E-state index contributed by atoms with van der Waals surface area (Å²) in [6.07, 6.45) is 25.4. The second-order valence-corrected chi connectivity index (χ2v) is 9.58. The third-order valence-electron chi connectivity index (χ3n) is 7.01. The standard InChI is InChI=1S/C24H30B2N2/c1-25(2,23-9-5-6-10-23)27-17-13-21(14-18-27)22-15-19-28(20-16-22)26(3,4)24-11-7-8-12-24/h5-20,23-24H,1-4H3. The first-order valence-electron chi connectivity index (χ1n) is 10.6. The van der Waals surface area contributed by atoms with Crippen LogP contribution in [-0.4, -0.2) is 12.6 Å². The van der Waals surface area contributed by atoms with Gasteiger partial charge in [-0.3, -0.25) is 0 Å². The zero-order valence-corrected chi connectivity index (χ0v) is 17.4. The molecular formula is C24H30B2N2. The predicted molar refractivity (Wildman–Crippen MR) is 122 cm³/mol. The molecule has 0 aromatic carbocycles. The van der Waals surface area contributed by atoms with Gasteiger partial charge >= 0.3 is 0 Å². The van der Waals surface area contributed by atoms with Crippen LogP contribution >= 0.6 is 0 Å². The van der Waals surface area contributed by atoms with Crippen molar-refractivity contribution in [1.29, 1.82) is 0 Å². The minimum absolute atomic E-state index is 0.495. The minimum atomic E-state index is -0.702. The molecule has 0 atom stereocenters. The van der Waals surface area contributed by atoms with Gasteiger partial charge < -0.3 is 8.96 Å². The van der Waals surface area contributed by atoms with Crippen LogP contribution in [-0.2, 0) is 0 Å². The highest BCUT2D eigenvalue weighted by atomic mass is 14.9. The average molecular weight is 368 g/mol. The maximum Gasteiger partial charge on any atom is 0.282 e. The lowest BCUT2D eigenvalue weighted by Crippen LogP contribution is -2.62. The molecule has 2 heterocycles. The lowest BCUT2D eigenvalue weighted by Gasteiger charge is -2.30. The number of nitrogens with zero attached hydrogens (tertiary/aromatic N) is 2. The van der Waals surface area contributed by atoms with E-state index in [-0.39, 0.29) is 0 Å². The topological polar surface area (TPSA) is 7.76 Å². The molecule has 4 rings (SSSR count). The Morgan fingerprint density at radius 1 is 0.536 bits per heavy atom. The number of allylic oxidation sites excluding steroid dienone is 8. The van der Waals surface area contributed by atoms with E-state index in [0.717, 1.165) is 0 Å². The van der Waals surface area contributed by atoms with Gasteiger partial charge in [-0.2, -0.15) is 0 Å². The molecule has 0 N–H and O–H groups in total. The summed E-state index contributed by atoms with van der Waals surface area (Å²) >= 11 is 0. The Bertz CT molecular complexity index is 859. The van der Waals surface area contributed by atoms with Crippen LogP contribution in [0.2, 0.25) is 38.9 Å². The number of hydrogen-bond donors (Lipinski definition) is 0. The molecule has 2 aromatic heterocycles. The van der Waals surface area contributed by atoms with Gasteiger partial charge in [0.2, 0.25) is 0 Å². The smallest absolute Gasteiger partial charge is 0.282 e. The SMILES string of the molecule is C[B-](C)(C1C=CC=C1)[n+]1ccc(-c2cc[n+]([B-](C)(C)C3C=CC=C3)cc2)cc1. The van der Waals surface area contributed by atoms with Crippen LogP contribution in [0, 0.1) is 0 Å². The Labute approximate surface area is 169 Å². The van der Waals surface area contributed by atoms with Crippen molar-refractivity contribution in [2.45, 2.75) is 38.9 Å². The first-order chi connectivity index (χ1) is 13.4. The van der Waals surface area contributed by atoms with Crippen LogP contribution in [0.1, 0.15) is 0 Å². The van der Waals surface area contributed by atoms with E-state index in [1.807, 2.05) is 0 Å². The zero-order valence-electron chi connectivity index (χ0n) is 17.4. The highest BCUT2D eigenvalue weighted by molar-refractivity contribution is 6.72. The van der Waals surface area contributed by atoms with E-state index in [1.54, 1.807) is 0 Å². The summed E-state index contributed by atoms with van der Waals surface area (Å²) in [7, 11) is 0. The quantitative estimate of drug-likeness (QED) is 0.655. The fourth-order valence-electron chi connectivity index (χ4n) is 4.53. The van der Waals surface area contributed by atoms with E-state index in [0.29, 0.717) is 11.6 Å². The number of rotatable bonds is 5. The van der Waals surface area contributed by atoms with Crippen molar-refractivity contribution >= 4 is 12.6 Å². The normalized spacial score (nSPS) is 17.1. The Balaban J connectivity index is 1.55. The molecule has 0 unspecified atom stereocenters.